The zero-order valence-electron chi connectivity index (χ0n) is 10.7. The predicted octanol–water partition coefficient (Wildman–Crippen LogP) is 2.77. The van der Waals surface area contributed by atoms with E-state index in [0.29, 0.717) is 0 Å². The van der Waals surface area contributed by atoms with Gasteiger partial charge in [-0.15, -0.1) is 0 Å². The Labute approximate surface area is 105 Å². The van der Waals surface area contributed by atoms with Gasteiger partial charge in [0, 0.05) is 38.0 Å². The van der Waals surface area contributed by atoms with Crippen LogP contribution in [-0.2, 0) is 6.54 Å². The lowest BCUT2D eigenvalue weighted by Gasteiger charge is -2.18. The zero-order valence-corrected chi connectivity index (χ0v) is 10.7. The molecule has 2 heterocycles. The maximum Gasteiger partial charge on any atom is 0.248 e. The van der Waals surface area contributed by atoms with Gasteiger partial charge >= 0.3 is 0 Å². The fourth-order valence-electron chi connectivity index (χ4n) is 3.43. The molecule has 3 nitrogen and oxygen atoms in total. The van der Waals surface area contributed by atoms with Gasteiger partial charge in [0.15, 0.2) is 0 Å². The van der Waals surface area contributed by atoms with E-state index in [4.69, 9.17) is 4.52 Å². The molecule has 1 aromatic heterocycles. The van der Waals surface area contributed by atoms with E-state index in [1.807, 2.05) is 13.8 Å². The van der Waals surface area contributed by atoms with Crippen molar-refractivity contribution in [1.82, 2.24) is 10.1 Å². The van der Waals surface area contributed by atoms with E-state index in [1.54, 1.807) is 0 Å². The van der Waals surface area contributed by atoms with Gasteiger partial charge < -0.3 is 4.52 Å². The van der Waals surface area contributed by atoms with Crippen LogP contribution < -0.4 is 0 Å². The normalized spacial score (nSPS) is 30.9. The van der Waals surface area contributed by atoms with Crippen LogP contribution in [0.4, 0.5) is 8.78 Å². The molecule has 1 saturated carbocycles. The number of aryl methyl sites for hydroxylation is 2. The predicted molar refractivity (Wildman–Crippen MR) is 62.4 cm³/mol. The molecule has 0 N–H and O–H groups in total. The van der Waals surface area contributed by atoms with Crippen LogP contribution >= 0.6 is 0 Å². The Kier molecular flexibility index (Phi) is 2.70. The van der Waals surface area contributed by atoms with Gasteiger partial charge in [0.25, 0.3) is 0 Å². The Hall–Kier alpha value is -0.970. The second-order valence-electron chi connectivity index (χ2n) is 5.78. The molecule has 0 aromatic carbocycles. The highest BCUT2D eigenvalue weighted by molar-refractivity contribution is 5.20. The number of likely N-dealkylation sites (tertiary alicyclic amines) is 1. The molecule has 1 aliphatic heterocycles. The van der Waals surface area contributed by atoms with E-state index in [9.17, 15) is 8.78 Å². The summed E-state index contributed by atoms with van der Waals surface area (Å²) >= 11 is 0. The van der Waals surface area contributed by atoms with E-state index >= 15 is 0 Å². The largest absolute Gasteiger partial charge is 0.361 e. The summed E-state index contributed by atoms with van der Waals surface area (Å²) in [5, 5.41) is 3.93. The Morgan fingerprint density at radius 3 is 2.39 bits per heavy atom. The molecule has 1 aliphatic carbocycles. The molecule has 1 aromatic rings. The molecule has 2 atom stereocenters. The summed E-state index contributed by atoms with van der Waals surface area (Å²) in [4.78, 5) is 2.26. The Morgan fingerprint density at radius 2 is 1.89 bits per heavy atom. The van der Waals surface area contributed by atoms with Crippen molar-refractivity contribution in [3.8, 4) is 0 Å². The quantitative estimate of drug-likeness (QED) is 0.814. The second kappa shape index (κ2) is 4.02. The highest BCUT2D eigenvalue weighted by Crippen LogP contribution is 2.47. The molecule has 3 rings (SSSR count). The maximum absolute atomic E-state index is 13.3. The third-order valence-electron chi connectivity index (χ3n) is 4.34. The van der Waals surface area contributed by atoms with Crippen LogP contribution in [-0.4, -0.2) is 29.1 Å². The number of alkyl halides is 2. The molecule has 0 bridgehead atoms. The summed E-state index contributed by atoms with van der Waals surface area (Å²) in [6, 6.07) is 0. The third kappa shape index (κ3) is 2.05. The first-order valence-electron chi connectivity index (χ1n) is 6.46. The van der Waals surface area contributed by atoms with Crippen LogP contribution in [0.1, 0.15) is 29.9 Å². The van der Waals surface area contributed by atoms with Gasteiger partial charge in [-0.1, -0.05) is 5.16 Å². The lowest BCUT2D eigenvalue weighted by molar-refractivity contribution is -0.00281. The van der Waals surface area contributed by atoms with Gasteiger partial charge in [-0.25, -0.2) is 8.78 Å². The van der Waals surface area contributed by atoms with E-state index in [-0.39, 0.29) is 24.7 Å². The summed E-state index contributed by atoms with van der Waals surface area (Å²) in [6.07, 6.45) is 0.130. The van der Waals surface area contributed by atoms with Crippen molar-refractivity contribution in [2.24, 2.45) is 11.8 Å². The van der Waals surface area contributed by atoms with Gasteiger partial charge in [0.2, 0.25) is 5.92 Å². The van der Waals surface area contributed by atoms with Crippen molar-refractivity contribution in [2.45, 2.75) is 39.2 Å². The van der Waals surface area contributed by atoms with Crippen molar-refractivity contribution in [1.29, 1.82) is 0 Å². The SMILES string of the molecule is Cc1noc(C)c1CN1C[C@@H]2CC(F)(F)C[C@@H]2C1. The van der Waals surface area contributed by atoms with Gasteiger partial charge in [0.1, 0.15) is 5.76 Å². The first-order valence-corrected chi connectivity index (χ1v) is 6.46. The first kappa shape index (κ1) is 12.1. The van der Waals surface area contributed by atoms with Gasteiger partial charge in [-0.05, 0) is 25.7 Å². The smallest absolute Gasteiger partial charge is 0.248 e. The number of aromatic nitrogens is 1. The number of rotatable bonds is 2. The number of hydrogen-bond acceptors (Lipinski definition) is 3. The van der Waals surface area contributed by atoms with E-state index < -0.39 is 5.92 Å². The standard InChI is InChI=1S/C13H18F2N2O/c1-8-12(9(2)18-16-8)7-17-5-10-3-13(14,15)4-11(10)6-17/h10-11H,3-7H2,1-2H3/t10-,11+. The fraction of sp³-hybridized carbons (Fsp3) is 0.769. The molecule has 0 amide bonds. The summed E-state index contributed by atoms with van der Waals surface area (Å²) in [5.74, 6) is -1.25. The third-order valence-corrected chi connectivity index (χ3v) is 4.34. The minimum absolute atomic E-state index is 0.0652. The molecule has 0 unspecified atom stereocenters. The average Bonchev–Trinajstić information content (AvgIpc) is 2.83. The van der Waals surface area contributed by atoms with Crippen LogP contribution in [0.25, 0.3) is 0 Å². The topological polar surface area (TPSA) is 29.3 Å². The summed E-state index contributed by atoms with van der Waals surface area (Å²) in [7, 11) is 0. The Bertz CT molecular complexity index is 422. The molecule has 1 saturated heterocycles. The van der Waals surface area contributed by atoms with Crippen molar-refractivity contribution in [2.75, 3.05) is 13.1 Å². The summed E-state index contributed by atoms with van der Waals surface area (Å²) in [6.45, 7) is 6.17. The van der Waals surface area contributed by atoms with Gasteiger partial charge in [-0.3, -0.25) is 4.90 Å². The van der Waals surface area contributed by atoms with Crippen LogP contribution in [0.2, 0.25) is 0 Å². The summed E-state index contributed by atoms with van der Waals surface area (Å²) < 4.78 is 31.6. The minimum Gasteiger partial charge on any atom is -0.361 e. The first-order chi connectivity index (χ1) is 8.44. The van der Waals surface area contributed by atoms with E-state index in [1.165, 1.54) is 0 Å². The molecule has 0 radical (unpaired) electrons. The van der Waals surface area contributed by atoms with Gasteiger partial charge in [-0.2, -0.15) is 0 Å². The molecule has 2 aliphatic rings. The van der Waals surface area contributed by atoms with E-state index in [2.05, 4.69) is 10.1 Å². The molecular weight excluding hydrogens is 238 g/mol. The van der Waals surface area contributed by atoms with E-state index in [0.717, 1.165) is 36.7 Å². The molecule has 100 valence electrons. The zero-order chi connectivity index (χ0) is 12.9. The number of nitrogens with zero attached hydrogens (tertiary/aromatic N) is 2. The molecule has 2 fully saturated rings. The van der Waals surface area contributed by atoms with Crippen molar-refractivity contribution in [3.63, 3.8) is 0 Å². The highest BCUT2D eigenvalue weighted by atomic mass is 19.3. The molecule has 5 heteroatoms. The van der Waals surface area contributed by atoms with Crippen molar-refractivity contribution >= 4 is 0 Å². The Morgan fingerprint density at radius 1 is 1.28 bits per heavy atom. The lowest BCUT2D eigenvalue weighted by Crippen LogP contribution is -2.24. The van der Waals surface area contributed by atoms with Crippen molar-refractivity contribution < 1.29 is 13.3 Å². The molecular formula is C13H18F2N2O. The van der Waals surface area contributed by atoms with Crippen LogP contribution in [0.3, 0.4) is 0 Å². The maximum atomic E-state index is 13.3. The lowest BCUT2D eigenvalue weighted by atomic mass is 10.0. The number of hydrogen-bond donors (Lipinski definition) is 0. The number of fused-ring (bicyclic) bond motifs is 1. The number of halogens is 2. The van der Waals surface area contributed by atoms with Crippen LogP contribution in [0.5, 0.6) is 0 Å². The fourth-order valence-corrected chi connectivity index (χ4v) is 3.43. The van der Waals surface area contributed by atoms with Crippen molar-refractivity contribution in [3.05, 3.63) is 17.0 Å². The second-order valence-corrected chi connectivity index (χ2v) is 5.78. The monoisotopic (exact) mass is 256 g/mol. The molecule has 18 heavy (non-hydrogen) atoms. The highest BCUT2D eigenvalue weighted by Gasteiger charge is 2.50. The van der Waals surface area contributed by atoms with Crippen LogP contribution in [0.15, 0.2) is 4.52 Å². The van der Waals surface area contributed by atoms with Gasteiger partial charge in [0.05, 0.1) is 5.69 Å². The Balaban J connectivity index is 1.65. The molecule has 0 spiro atoms. The summed E-state index contributed by atoms with van der Waals surface area (Å²) in [5.41, 5.74) is 2.02. The van der Waals surface area contributed by atoms with Crippen LogP contribution in [0, 0.1) is 25.7 Å². The average molecular weight is 256 g/mol. The minimum atomic E-state index is -2.43.